The van der Waals surface area contributed by atoms with Gasteiger partial charge in [0.25, 0.3) is 5.91 Å². The highest BCUT2D eigenvalue weighted by molar-refractivity contribution is 9.10. The van der Waals surface area contributed by atoms with Gasteiger partial charge in [0.05, 0.1) is 16.7 Å². The monoisotopic (exact) mass is 427 g/mol. The van der Waals surface area contributed by atoms with Crippen molar-refractivity contribution in [3.8, 4) is 11.7 Å². The molecule has 4 rings (SSSR count). The van der Waals surface area contributed by atoms with Gasteiger partial charge in [-0.05, 0) is 53.0 Å². The molecule has 138 valence electrons. The topological polar surface area (TPSA) is 73.1 Å². The first-order chi connectivity index (χ1) is 13.2. The van der Waals surface area contributed by atoms with Gasteiger partial charge in [0.1, 0.15) is 6.10 Å². The molecule has 1 aliphatic heterocycles. The summed E-state index contributed by atoms with van der Waals surface area (Å²) in [6.07, 6.45) is 8.50. The predicted molar refractivity (Wildman–Crippen MR) is 103 cm³/mol. The summed E-state index contributed by atoms with van der Waals surface area (Å²) in [6, 6.07) is 9.67. The van der Waals surface area contributed by atoms with Crippen molar-refractivity contribution in [2.24, 2.45) is 0 Å². The molecule has 27 heavy (non-hydrogen) atoms. The van der Waals surface area contributed by atoms with Crippen LogP contribution >= 0.6 is 15.9 Å². The Bertz CT molecular complexity index is 914. The second-order valence-electron chi connectivity index (χ2n) is 6.32. The van der Waals surface area contributed by atoms with Crippen molar-refractivity contribution in [1.82, 2.24) is 24.6 Å². The molecule has 1 aliphatic rings. The van der Waals surface area contributed by atoms with E-state index in [0.29, 0.717) is 24.7 Å². The van der Waals surface area contributed by atoms with Crippen LogP contribution in [0.5, 0.6) is 6.01 Å². The Morgan fingerprint density at radius 2 is 2.07 bits per heavy atom. The molecule has 8 heteroatoms. The van der Waals surface area contributed by atoms with Crippen LogP contribution in [0.4, 0.5) is 0 Å². The number of carbonyl (C=O) groups is 1. The number of amides is 1. The first-order valence-electron chi connectivity index (χ1n) is 8.72. The van der Waals surface area contributed by atoms with E-state index in [4.69, 9.17) is 4.74 Å². The maximum atomic E-state index is 13.0. The van der Waals surface area contributed by atoms with Crippen LogP contribution in [0.15, 0.2) is 59.6 Å². The van der Waals surface area contributed by atoms with Gasteiger partial charge >= 0.3 is 6.01 Å². The van der Waals surface area contributed by atoms with Gasteiger partial charge in [-0.3, -0.25) is 4.79 Å². The van der Waals surface area contributed by atoms with Gasteiger partial charge in [0.15, 0.2) is 0 Å². The molecule has 1 amide bonds. The van der Waals surface area contributed by atoms with Gasteiger partial charge in [-0.25, -0.2) is 14.6 Å². The molecule has 1 fully saturated rings. The molecule has 0 aliphatic carbocycles. The van der Waals surface area contributed by atoms with Gasteiger partial charge in [0.2, 0.25) is 0 Å². The highest BCUT2D eigenvalue weighted by Gasteiger charge is 2.26. The number of likely N-dealkylation sites (tertiary alicyclic amines) is 1. The van der Waals surface area contributed by atoms with Crippen molar-refractivity contribution < 1.29 is 9.53 Å². The van der Waals surface area contributed by atoms with Crippen LogP contribution in [0.2, 0.25) is 0 Å². The van der Waals surface area contributed by atoms with Gasteiger partial charge < -0.3 is 9.64 Å². The Hall–Kier alpha value is -2.74. The molecular formula is C19H18BrN5O2. The van der Waals surface area contributed by atoms with E-state index in [1.807, 2.05) is 41.4 Å². The van der Waals surface area contributed by atoms with E-state index in [-0.39, 0.29) is 12.0 Å². The SMILES string of the molecule is O=C(c1cccc(-n2cccn2)c1)N1CCC[C@@H](Oc2ncc(Br)cn2)C1. The second-order valence-corrected chi connectivity index (χ2v) is 7.23. The second kappa shape index (κ2) is 7.87. The quantitative estimate of drug-likeness (QED) is 0.639. The van der Waals surface area contributed by atoms with Crippen LogP contribution in [0.3, 0.4) is 0 Å². The van der Waals surface area contributed by atoms with E-state index in [2.05, 4.69) is 31.0 Å². The lowest BCUT2D eigenvalue weighted by atomic mass is 10.1. The van der Waals surface area contributed by atoms with E-state index in [0.717, 1.165) is 23.0 Å². The van der Waals surface area contributed by atoms with Crippen LogP contribution < -0.4 is 4.74 Å². The van der Waals surface area contributed by atoms with E-state index in [1.54, 1.807) is 23.3 Å². The standard InChI is InChI=1S/C19H18BrN5O2/c20-15-11-21-19(22-12-15)27-17-6-2-8-24(13-17)18(26)14-4-1-5-16(10-14)25-9-3-7-23-25/h1,3-5,7,9-12,17H,2,6,8,13H2/t17-/m1/s1. The van der Waals surface area contributed by atoms with Crippen LogP contribution in [0.1, 0.15) is 23.2 Å². The third-order valence-corrected chi connectivity index (χ3v) is 4.81. The normalized spacial score (nSPS) is 16.9. The molecule has 1 atom stereocenters. The minimum absolute atomic E-state index is 0.00553. The smallest absolute Gasteiger partial charge is 0.316 e. The van der Waals surface area contributed by atoms with E-state index in [9.17, 15) is 4.79 Å². The summed E-state index contributed by atoms with van der Waals surface area (Å²) >= 11 is 3.31. The summed E-state index contributed by atoms with van der Waals surface area (Å²) in [5.74, 6) is -0.00553. The van der Waals surface area contributed by atoms with Gasteiger partial charge in [0, 0.05) is 36.9 Å². The van der Waals surface area contributed by atoms with Crippen molar-refractivity contribution in [2.75, 3.05) is 13.1 Å². The number of rotatable bonds is 4. The highest BCUT2D eigenvalue weighted by Crippen LogP contribution is 2.19. The number of benzene rings is 1. The van der Waals surface area contributed by atoms with Gasteiger partial charge in [-0.1, -0.05) is 6.07 Å². The first kappa shape index (κ1) is 17.7. The fraction of sp³-hybridized carbons (Fsp3) is 0.263. The number of carbonyl (C=O) groups excluding carboxylic acids is 1. The summed E-state index contributed by atoms with van der Waals surface area (Å²) < 4.78 is 8.40. The number of ether oxygens (including phenoxy) is 1. The fourth-order valence-electron chi connectivity index (χ4n) is 3.11. The molecule has 1 aromatic carbocycles. The molecule has 7 nitrogen and oxygen atoms in total. The molecule has 0 bridgehead atoms. The number of hydrogen-bond acceptors (Lipinski definition) is 5. The zero-order chi connectivity index (χ0) is 18.6. The molecule has 0 spiro atoms. The summed E-state index contributed by atoms with van der Waals surface area (Å²) in [6.45, 7) is 1.23. The number of hydrogen-bond donors (Lipinski definition) is 0. The predicted octanol–water partition coefficient (Wildman–Crippen LogP) is 3.11. The molecular weight excluding hydrogens is 410 g/mol. The number of aromatic nitrogens is 4. The van der Waals surface area contributed by atoms with Crippen molar-refractivity contribution in [3.63, 3.8) is 0 Å². The maximum Gasteiger partial charge on any atom is 0.316 e. The fourth-order valence-corrected chi connectivity index (χ4v) is 3.32. The Morgan fingerprint density at radius 3 is 2.85 bits per heavy atom. The highest BCUT2D eigenvalue weighted by atomic mass is 79.9. The molecule has 1 saturated heterocycles. The van der Waals surface area contributed by atoms with Gasteiger partial charge in [-0.2, -0.15) is 5.10 Å². The lowest BCUT2D eigenvalue weighted by Crippen LogP contribution is -2.44. The van der Waals surface area contributed by atoms with Crippen LogP contribution in [-0.4, -0.2) is 49.7 Å². The number of halogens is 1. The van der Waals surface area contributed by atoms with Gasteiger partial charge in [-0.15, -0.1) is 0 Å². The average molecular weight is 428 g/mol. The number of nitrogens with zero attached hydrogens (tertiary/aromatic N) is 5. The van der Waals surface area contributed by atoms with Crippen molar-refractivity contribution in [3.05, 3.63) is 65.2 Å². The third kappa shape index (κ3) is 4.16. The van der Waals surface area contributed by atoms with E-state index >= 15 is 0 Å². The summed E-state index contributed by atoms with van der Waals surface area (Å²) in [4.78, 5) is 23.1. The molecule has 3 heterocycles. The molecule has 0 radical (unpaired) electrons. The molecule has 0 unspecified atom stereocenters. The Balaban J connectivity index is 1.45. The minimum Gasteiger partial charge on any atom is -0.458 e. The lowest BCUT2D eigenvalue weighted by molar-refractivity contribution is 0.0515. The maximum absolute atomic E-state index is 13.0. The average Bonchev–Trinajstić information content (AvgIpc) is 3.24. The molecule has 0 N–H and O–H groups in total. The van der Waals surface area contributed by atoms with Crippen LogP contribution in [0, 0.1) is 0 Å². The largest absolute Gasteiger partial charge is 0.458 e. The third-order valence-electron chi connectivity index (χ3n) is 4.40. The molecule has 3 aromatic rings. The zero-order valence-corrected chi connectivity index (χ0v) is 16.1. The summed E-state index contributed by atoms with van der Waals surface area (Å²) in [5, 5.41) is 4.22. The Labute approximate surface area is 165 Å². The first-order valence-corrected chi connectivity index (χ1v) is 9.52. The molecule has 2 aromatic heterocycles. The van der Waals surface area contributed by atoms with Crippen molar-refractivity contribution >= 4 is 21.8 Å². The minimum atomic E-state index is -0.113. The Morgan fingerprint density at radius 1 is 1.22 bits per heavy atom. The Kier molecular flexibility index (Phi) is 5.15. The van der Waals surface area contributed by atoms with Crippen LogP contribution in [0.25, 0.3) is 5.69 Å². The van der Waals surface area contributed by atoms with E-state index in [1.165, 1.54) is 0 Å². The lowest BCUT2D eigenvalue weighted by Gasteiger charge is -2.32. The van der Waals surface area contributed by atoms with Crippen LogP contribution in [-0.2, 0) is 0 Å². The molecule has 0 saturated carbocycles. The summed E-state index contributed by atoms with van der Waals surface area (Å²) in [7, 11) is 0. The zero-order valence-electron chi connectivity index (χ0n) is 14.5. The summed E-state index contributed by atoms with van der Waals surface area (Å²) in [5.41, 5.74) is 1.50. The number of piperidine rings is 1. The van der Waals surface area contributed by atoms with Crippen molar-refractivity contribution in [2.45, 2.75) is 18.9 Å². The van der Waals surface area contributed by atoms with Crippen molar-refractivity contribution in [1.29, 1.82) is 0 Å². The van der Waals surface area contributed by atoms with E-state index < -0.39 is 0 Å².